The van der Waals surface area contributed by atoms with E-state index < -0.39 is 0 Å². The van der Waals surface area contributed by atoms with Crippen LogP contribution < -0.4 is 5.73 Å². The quantitative estimate of drug-likeness (QED) is 0.693. The van der Waals surface area contributed by atoms with Gasteiger partial charge in [-0.05, 0) is 35.6 Å². The molecule has 0 saturated carbocycles. The number of nitrogens with two attached hydrogens (primary N) is 1. The molecule has 3 aromatic rings. The largest absolute Gasteiger partial charge is 0.399 e. The molecule has 0 aliphatic rings. The lowest BCUT2D eigenvalue weighted by atomic mass is 10.1. The van der Waals surface area contributed by atoms with E-state index in [4.69, 9.17) is 5.73 Å². The molecule has 0 fully saturated rings. The second-order valence-electron chi connectivity index (χ2n) is 4.50. The van der Waals surface area contributed by atoms with E-state index in [1.54, 1.807) is 0 Å². The molecule has 0 atom stereocenters. The van der Waals surface area contributed by atoms with Gasteiger partial charge in [-0.25, -0.2) is 4.98 Å². The fraction of sp³-hybridized carbons (Fsp3) is 0.250. The number of hydrogen-bond donors (Lipinski definition) is 2. The van der Waals surface area contributed by atoms with Gasteiger partial charge >= 0.3 is 0 Å². The molecule has 0 aliphatic heterocycles. The smallest absolute Gasteiger partial charge is 0.152 e. The van der Waals surface area contributed by atoms with Crippen LogP contribution in [0.4, 0.5) is 5.69 Å². The summed E-state index contributed by atoms with van der Waals surface area (Å²) in [6.07, 6.45) is 0. The molecule has 3 rings (SSSR count). The molecule has 0 unspecified atom stereocenters. The van der Waals surface area contributed by atoms with Crippen molar-refractivity contribution < 1.29 is 0 Å². The maximum absolute atomic E-state index is 5.76. The van der Waals surface area contributed by atoms with Crippen LogP contribution in [0.1, 0.15) is 25.5 Å². The van der Waals surface area contributed by atoms with Gasteiger partial charge in [0, 0.05) is 5.69 Å². The van der Waals surface area contributed by atoms with Gasteiger partial charge in [-0.3, -0.25) is 0 Å². The Morgan fingerprint density at radius 3 is 2.94 bits per heavy atom. The predicted molar refractivity (Wildman–Crippen MR) is 73.5 cm³/mol. The highest BCUT2D eigenvalue weighted by molar-refractivity contribution is 7.09. The van der Waals surface area contributed by atoms with Crippen molar-refractivity contribution in [2.75, 3.05) is 5.73 Å². The number of H-pyrrole nitrogens is 1. The topological polar surface area (TPSA) is 80.5 Å². The minimum atomic E-state index is 0.331. The van der Waals surface area contributed by atoms with Gasteiger partial charge in [-0.2, -0.15) is 0 Å². The molecule has 6 heteroatoms. The first-order chi connectivity index (χ1) is 8.65. The van der Waals surface area contributed by atoms with Gasteiger partial charge in [0.25, 0.3) is 0 Å². The lowest BCUT2D eigenvalue weighted by Crippen LogP contribution is -1.91. The molecular formula is C12H13N5S. The first-order valence-corrected chi connectivity index (χ1v) is 6.50. The molecule has 0 aliphatic carbocycles. The Labute approximate surface area is 108 Å². The average Bonchev–Trinajstić information content (AvgIpc) is 2.93. The average molecular weight is 259 g/mol. The summed E-state index contributed by atoms with van der Waals surface area (Å²) < 4.78 is 4.01. The Hall–Kier alpha value is -1.95. The first kappa shape index (κ1) is 11.2. The number of rotatable bonds is 2. The van der Waals surface area contributed by atoms with Gasteiger partial charge in [-0.1, -0.05) is 18.3 Å². The monoisotopic (exact) mass is 259 g/mol. The van der Waals surface area contributed by atoms with Crippen molar-refractivity contribution in [2.24, 2.45) is 0 Å². The summed E-state index contributed by atoms with van der Waals surface area (Å²) >= 11 is 1.36. The second-order valence-corrected chi connectivity index (χ2v) is 5.26. The van der Waals surface area contributed by atoms with Crippen molar-refractivity contribution in [3.05, 3.63) is 23.9 Å². The molecule has 3 N–H and O–H groups in total. The molecule has 92 valence electrons. The zero-order valence-corrected chi connectivity index (χ0v) is 11.0. The Kier molecular flexibility index (Phi) is 2.52. The lowest BCUT2D eigenvalue weighted by Gasteiger charge is -2.00. The number of aromatic nitrogens is 4. The highest BCUT2D eigenvalue weighted by Crippen LogP contribution is 2.30. The standard InChI is InChI=1S/C12H13N5S/c1-6(2)10-11(18-17-16-10)12-14-8-4-3-7(13)5-9(8)15-12/h3-6H,13H2,1-2H3,(H,14,15). The molecule has 18 heavy (non-hydrogen) atoms. The molecule has 0 bridgehead atoms. The molecule has 5 nitrogen and oxygen atoms in total. The molecular weight excluding hydrogens is 246 g/mol. The number of nitrogens with zero attached hydrogens (tertiary/aromatic N) is 3. The third-order valence-corrected chi connectivity index (χ3v) is 3.53. The Morgan fingerprint density at radius 2 is 2.17 bits per heavy atom. The van der Waals surface area contributed by atoms with Crippen LogP contribution in [0.5, 0.6) is 0 Å². The van der Waals surface area contributed by atoms with Gasteiger partial charge in [0.15, 0.2) is 5.82 Å². The number of imidazole rings is 1. The number of benzene rings is 1. The lowest BCUT2D eigenvalue weighted by molar-refractivity contribution is 0.813. The van der Waals surface area contributed by atoms with E-state index in [0.717, 1.165) is 33.1 Å². The third-order valence-electron chi connectivity index (χ3n) is 2.78. The third kappa shape index (κ3) is 1.74. The van der Waals surface area contributed by atoms with E-state index in [0.29, 0.717) is 5.92 Å². The molecule has 2 aromatic heterocycles. The SMILES string of the molecule is CC(C)c1nnsc1-c1nc2ccc(N)cc2[nH]1. The van der Waals surface area contributed by atoms with Gasteiger partial charge < -0.3 is 10.7 Å². The Balaban J connectivity index is 2.16. The van der Waals surface area contributed by atoms with Crippen LogP contribution in [-0.4, -0.2) is 19.6 Å². The maximum Gasteiger partial charge on any atom is 0.152 e. The summed E-state index contributed by atoms with van der Waals surface area (Å²) in [6.45, 7) is 4.20. The Bertz CT molecular complexity index is 697. The van der Waals surface area contributed by atoms with E-state index in [9.17, 15) is 0 Å². The van der Waals surface area contributed by atoms with Crippen molar-refractivity contribution in [3.63, 3.8) is 0 Å². The molecule has 0 spiro atoms. The number of hydrogen-bond acceptors (Lipinski definition) is 5. The van der Waals surface area contributed by atoms with Crippen LogP contribution in [0.15, 0.2) is 18.2 Å². The normalized spacial score (nSPS) is 11.5. The van der Waals surface area contributed by atoms with Crippen molar-refractivity contribution in [3.8, 4) is 10.7 Å². The van der Waals surface area contributed by atoms with Crippen LogP contribution in [-0.2, 0) is 0 Å². The van der Waals surface area contributed by atoms with E-state index in [2.05, 4.69) is 33.4 Å². The fourth-order valence-electron chi connectivity index (χ4n) is 1.87. The predicted octanol–water partition coefficient (Wildman–Crippen LogP) is 2.79. The molecule has 0 radical (unpaired) electrons. The summed E-state index contributed by atoms with van der Waals surface area (Å²) in [5.74, 6) is 1.14. The van der Waals surface area contributed by atoms with Crippen molar-refractivity contribution in [1.82, 2.24) is 19.6 Å². The summed E-state index contributed by atoms with van der Waals surface area (Å²) in [4.78, 5) is 8.83. The summed E-state index contributed by atoms with van der Waals surface area (Å²) in [6, 6.07) is 5.64. The van der Waals surface area contributed by atoms with Gasteiger partial charge in [0.1, 0.15) is 4.88 Å². The van der Waals surface area contributed by atoms with Crippen LogP contribution in [0.25, 0.3) is 21.7 Å². The zero-order valence-electron chi connectivity index (χ0n) is 10.1. The van der Waals surface area contributed by atoms with Crippen molar-refractivity contribution >= 4 is 28.3 Å². The number of anilines is 1. The zero-order chi connectivity index (χ0) is 12.7. The minimum absolute atomic E-state index is 0.331. The van der Waals surface area contributed by atoms with E-state index in [-0.39, 0.29) is 0 Å². The highest BCUT2D eigenvalue weighted by Gasteiger charge is 2.16. The Morgan fingerprint density at radius 1 is 1.33 bits per heavy atom. The highest BCUT2D eigenvalue weighted by atomic mass is 32.1. The second kappa shape index (κ2) is 4.06. The molecule has 0 amide bonds. The van der Waals surface area contributed by atoms with E-state index in [1.165, 1.54) is 11.5 Å². The summed E-state index contributed by atoms with van der Waals surface area (Å²) in [5, 5.41) is 4.16. The van der Waals surface area contributed by atoms with Crippen LogP contribution in [0, 0.1) is 0 Å². The van der Waals surface area contributed by atoms with Gasteiger partial charge in [-0.15, -0.1) is 5.10 Å². The molecule has 0 saturated heterocycles. The number of nitrogen functional groups attached to an aromatic ring is 1. The summed E-state index contributed by atoms with van der Waals surface area (Å²) in [5.41, 5.74) is 9.31. The van der Waals surface area contributed by atoms with Crippen molar-refractivity contribution in [2.45, 2.75) is 19.8 Å². The van der Waals surface area contributed by atoms with Crippen LogP contribution in [0.2, 0.25) is 0 Å². The fourth-order valence-corrected chi connectivity index (χ4v) is 2.64. The van der Waals surface area contributed by atoms with Gasteiger partial charge in [0.05, 0.1) is 16.7 Å². The minimum Gasteiger partial charge on any atom is -0.399 e. The van der Waals surface area contributed by atoms with Gasteiger partial charge in [0.2, 0.25) is 0 Å². The molecule has 1 aromatic carbocycles. The van der Waals surface area contributed by atoms with Crippen LogP contribution >= 0.6 is 11.5 Å². The molecule has 2 heterocycles. The van der Waals surface area contributed by atoms with Crippen molar-refractivity contribution in [1.29, 1.82) is 0 Å². The first-order valence-electron chi connectivity index (χ1n) is 5.73. The maximum atomic E-state index is 5.76. The van der Waals surface area contributed by atoms with E-state index >= 15 is 0 Å². The number of fused-ring (bicyclic) bond motifs is 1. The summed E-state index contributed by atoms with van der Waals surface area (Å²) in [7, 11) is 0. The number of nitrogens with one attached hydrogen (secondary N) is 1. The van der Waals surface area contributed by atoms with Crippen LogP contribution in [0.3, 0.4) is 0 Å². The van der Waals surface area contributed by atoms with E-state index in [1.807, 2.05) is 18.2 Å². The number of aromatic amines is 1.